The van der Waals surface area contributed by atoms with Crippen LogP contribution in [0.25, 0.3) is 20.4 Å². The van der Waals surface area contributed by atoms with Crippen molar-refractivity contribution < 1.29 is 14.5 Å². The van der Waals surface area contributed by atoms with E-state index in [-0.39, 0.29) is 11.6 Å². The number of carbonyl (C=O) groups excluding carboxylic acids is 1. The van der Waals surface area contributed by atoms with Crippen molar-refractivity contribution in [1.82, 2.24) is 9.97 Å². The molecule has 0 saturated heterocycles. The normalized spacial score (nSPS) is 11.0. The first-order chi connectivity index (χ1) is 12.5. The van der Waals surface area contributed by atoms with Crippen LogP contribution in [-0.4, -0.2) is 27.9 Å². The Balaban J connectivity index is 1.64. The SMILES string of the molecule is COc1nc2ccc3nc(NC(=O)c4ccc([N+](=O)[O-])cc4)sc3c2s1. The van der Waals surface area contributed by atoms with Crippen molar-refractivity contribution in [3.8, 4) is 5.19 Å². The van der Waals surface area contributed by atoms with Crippen LogP contribution < -0.4 is 10.1 Å². The second-order valence-electron chi connectivity index (χ2n) is 5.22. The van der Waals surface area contributed by atoms with Crippen molar-refractivity contribution >= 4 is 59.8 Å². The Kier molecular flexibility index (Phi) is 3.98. The van der Waals surface area contributed by atoms with Gasteiger partial charge in [-0.25, -0.2) is 9.97 Å². The van der Waals surface area contributed by atoms with Gasteiger partial charge in [0, 0.05) is 17.7 Å². The Morgan fingerprint density at radius 2 is 1.73 bits per heavy atom. The van der Waals surface area contributed by atoms with E-state index in [1.807, 2.05) is 12.1 Å². The number of nitro benzene ring substituents is 1. The van der Waals surface area contributed by atoms with E-state index < -0.39 is 4.92 Å². The van der Waals surface area contributed by atoms with Crippen molar-refractivity contribution in [3.05, 3.63) is 52.1 Å². The molecule has 0 bridgehead atoms. The maximum Gasteiger partial charge on any atom is 0.274 e. The molecule has 0 atom stereocenters. The third kappa shape index (κ3) is 2.85. The molecule has 0 fully saturated rings. The minimum Gasteiger partial charge on any atom is -0.473 e. The van der Waals surface area contributed by atoms with E-state index >= 15 is 0 Å². The number of carbonyl (C=O) groups is 1. The number of aromatic nitrogens is 2. The Bertz CT molecular complexity index is 1150. The first kappa shape index (κ1) is 16.4. The maximum atomic E-state index is 12.3. The van der Waals surface area contributed by atoms with Gasteiger partial charge in [-0.2, -0.15) is 0 Å². The summed E-state index contributed by atoms with van der Waals surface area (Å²) in [5.41, 5.74) is 1.83. The van der Waals surface area contributed by atoms with Gasteiger partial charge >= 0.3 is 0 Å². The summed E-state index contributed by atoms with van der Waals surface area (Å²) in [5.74, 6) is -0.378. The van der Waals surface area contributed by atoms with Crippen molar-refractivity contribution in [2.24, 2.45) is 0 Å². The van der Waals surface area contributed by atoms with Crippen molar-refractivity contribution in [1.29, 1.82) is 0 Å². The zero-order chi connectivity index (χ0) is 18.3. The third-order valence-electron chi connectivity index (χ3n) is 3.63. The van der Waals surface area contributed by atoms with Gasteiger partial charge in [0.1, 0.15) is 0 Å². The van der Waals surface area contributed by atoms with Gasteiger partial charge in [0.2, 0.25) is 0 Å². The number of non-ortho nitro benzene ring substituents is 1. The second kappa shape index (κ2) is 6.32. The fourth-order valence-corrected chi connectivity index (χ4v) is 4.36. The molecule has 0 radical (unpaired) electrons. The van der Waals surface area contributed by atoms with Gasteiger partial charge in [0.05, 0.1) is 32.5 Å². The monoisotopic (exact) mass is 386 g/mol. The minimum absolute atomic E-state index is 0.0666. The number of fused-ring (bicyclic) bond motifs is 3. The number of hydrogen-bond acceptors (Lipinski definition) is 8. The van der Waals surface area contributed by atoms with E-state index in [4.69, 9.17) is 4.74 Å². The molecule has 0 aliphatic rings. The molecule has 0 spiro atoms. The number of methoxy groups -OCH3 is 1. The Hall–Kier alpha value is -3.11. The zero-order valence-electron chi connectivity index (χ0n) is 13.3. The number of hydrogen-bond donors (Lipinski definition) is 1. The third-order valence-corrected chi connectivity index (χ3v) is 5.81. The van der Waals surface area contributed by atoms with Gasteiger partial charge < -0.3 is 4.74 Å². The van der Waals surface area contributed by atoms with Crippen LogP contribution in [0.4, 0.5) is 10.8 Å². The largest absolute Gasteiger partial charge is 0.473 e. The summed E-state index contributed by atoms with van der Waals surface area (Å²) in [4.78, 5) is 31.3. The first-order valence-corrected chi connectivity index (χ1v) is 8.98. The summed E-state index contributed by atoms with van der Waals surface area (Å²) in [6, 6.07) is 9.11. The lowest BCUT2D eigenvalue weighted by atomic mass is 10.2. The van der Waals surface area contributed by atoms with Crippen LogP contribution in [0.5, 0.6) is 5.19 Å². The predicted octanol–water partition coefficient (Wildman–Crippen LogP) is 4.08. The van der Waals surface area contributed by atoms with E-state index in [9.17, 15) is 14.9 Å². The first-order valence-electron chi connectivity index (χ1n) is 7.35. The molecule has 0 saturated carbocycles. The Morgan fingerprint density at radius 1 is 1.08 bits per heavy atom. The van der Waals surface area contributed by atoms with Crippen molar-refractivity contribution in [2.75, 3.05) is 12.4 Å². The van der Waals surface area contributed by atoms with Gasteiger partial charge in [-0.3, -0.25) is 20.2 Å². The summed E-state index contributed by atoms with van der Waals surface area (Å²) in [5, 5.41) is 14.4. The topological polar surface area (TPSA) is 107 Å². The van der Waals surface area contributed by atoms with Crippen LogP contribution in [-0.2, 0) is 0 Å². The van der Waals surface area contributed by atoms with Crippen molar-refractivity contribution in [3.63, 3.8) is 0 Å². The number of amides is 1. The van der Waals surface area contributed by atoms with E-state index in [0.29, 0.717) is 15.9 Å². The van der Waals surface area contributed by atoms with E-state index in [2.05, 4.69) is 15.3 Å². The smallest absolute Gasteiger partial charge is 0.274 e. The Morgan fingerprint density at radius 3 is 2.38 bits per heavy atom. The van der Waals surface area contributed by atoms with E-state index in [1.165, 1.54) is 46.9 Å². The van der Waals surface area contributed by atoms with Gasteiger partial charge in [-0.15, -0.1) is 0 Å². The molecule has 26 heavy (non-hydrogen) atoms. The highest BCUT2D eigenvalue weighted by Gasteiger charge is 2.15. The summed E-state index contributed by atoms with van der Waals surface area (Å²) < 4.78 is 7.05. The molecular weight excluding hydrogens is 376 g/mol. The summed E-state index contributed by atoms with van der Waals surface area (Å²) in [6.45, 7) is 0. The van der Waals surface area contributed by atoms with Crippen LogP contribution >= 0.6 is 22.7 Å². The number of anilines is 1. The minimum atomic E-state index is -0.510. The molecule has 4 rings (SSSR count). The number of nitrogens with zero attached hydrogens (tertiary/aromatic N) is 3. The number of ether oxygens (including phenoxy) is 1. The fourth-order valence-electron chi connectivity index (χ4n) is 2.40. The molecule has 1 amide bonds. The lowest BCUT2D eigenvalue weighted by Gasteiger charge is -2.00. The molecule has 0 unspecified atom stereocenters. The number of nitro groups is 1. The predicted molar refractivity (Wildman–Crippen MR) is 100 cm³/mol. The average molecular weight is 386 g/mol. The molecule has 2 aromatic heterocycles. The van der Waals surface area contributed by atoms with Crippen molar-refractivity contribution in [2.45, 2.75) is 0 Å². The van der Waals surface area contributed by atoms with Gasteiger partial charge in [-0.05, 0) is 24.3 Å². The average Bonchev–Trinajstić information content (AvgIpc) is 3.24. The molecule has 130 valence electrons. The highest BCUT2D eigenvalue weighted by molar-refractivity contribution is 7.29. The molecular formula is C16H10N4O4S2. The molecule has 0 aliphatic heterocycles. The molecule has 2 heterocycles. The quantitative estimate of drug-likeness (QED) is 0.418. The molecule has 2 aromatic carbocycles. The van der Waals surface area contributed by atoms with E-state index in [0.717, 1.165) is 20.4 Å². The van der Waals surface area contributed by atoms with Gasteiger partial charge in [0.15, 0.2) is 5.13 Å². The van der Waals surface area contributed by atoms with Gasteiger partial charge in [-0.1, -0.05) is 22.7 Å². The highest BCUT2D eigenvalue weighted by Crippen LogP contribution is 2.38. The lowest BCUT2D eigenvalue weighted by molar-refractivity contribution is -0.384. The van der Waals surface area contributed by atoms with E-state index in [1.54, 1.807) is 7.11 Å². The number of nitrogens with one attached hydrogen (secondary N) is 1. The van der Waals surface area contributed by atoms with Crippen LogP contribution in [0.3, 0.4) is 0 Å². The second-order valence-corrected chi connectivity index (χ2v) is 7.18. The molecule has 1 N–H and O–H groups in total. The maximum absolute atomic E-state index is 12.3. The van der Waals surface area contributed by atoms with Gasteiger partial charge in [0.25, 0.3) is 16.8 Å². The highest BCUT2D eigenvalue weighted by atomic mass is 32.1. The number of rotatable bonds is 4. The lowest BCUT2D eigenvalue weighted by Crippen LogP contribution is -2.11. The molecule has 4 aromatic rings. The molecule has 10 heteroatoms. The number of thiazole rings is 2. The van der Waals surface area contributed by atoms with Crippen LogP contribution in [0, 0.1) is 10.1 Å². The zero-order valence-corrected chi connectivity index (χ0v) is 14.9. The standard InChI is InChI=1S/C16H10N4O4S2/c1-24-16-18-11-7-6-10-12(13(11)26-16)25-15(17-10)19-14(21)8-2-4-9(5-3-8)20(22)23/h2-7H,1H3,(H,17,19,21). The van der Waals surface area contributed by atoms with Crippen LogP contribution in [0.1, 0.15) is 10.4 Å². The van der Waals surface area contributed by atoms with Crippen LogP contribution in [0.2, 0.25) is 0 Å². The fraction of sp³-hybridized carbons (Fsp3) is 0.0625. The summed E-state index contributed by atoms with van der Waals surface area (Å²) in [7, 11) is 1.57. The van der Waals surface area contributed by atoms with Crippen LogP contribution in [0.15, 0.2) is 36.4 Å². The summed E-state index contributed by atoms with van der Waals surface area (Å²) in [6.07, 6.45) is 0. The molecule has 0 aliphatic carbocycles. The number of benzene rings is 2. The molecule has 8 nitrogen and oxygen atoms in total. The Labute approximate surface area is 154 Å². The summed E-state index contributed by atoms with van der Waals surface area (Å²) >= 11 is 2.77.